The average Bonchev–Trinajstić information content (AvgIpc) is 2.93. The summed E-state index contributed by atoms with van der Waals surface area (Å²) in [6.07, 6.45) is -0.330. The van der Waals surface area contributed by atoms with Crippen LogP contribution in [0.1, 0.15) is 38.8 Å². The van der Waals surface area contributed by atoms with Crippen LogP contribution in [0.5, 0.6) is 5.75 Å². The third kappa shape index (κ3) is 7.76. The van der Waals surface area contributed by atoms with Crippen LogP contribution in [0, 0.1) is 17.8 Å². The van der Waals surface area contributed by atoms with Gasteiger partial charge in [0.2, 0.25) is 10.0 Å². The smallest absolute Gasteiger partial charge is 0.247 e. The second-order valence-corrected chi connectivity index (χ2v) is 13.3. The molecule has 0 saturated heterocycles. The number of ether oxygens (including phenoxy) is 1. The number of hydrogen-bond acceptors (Lipinski definition) is 6. The van der Waals surface area contributed by atoms with Crippen molar-refractivity contribution in [1.29, 1.82) is 0 Å². The molecule has 2 N–H and O–H groups in total. The summed E-state index contributed by atoms with van der Waals surface area (Å²) in [5.41, 5.74) is 2.85. The van der Waals surface area contributed by atoms with Crippen molar-refractivity contribution >= 4 is 10.0 Å². The van der Waals surface area contributed by atoms with Gasteiger partial charge in [-0.05, 0) is 62.7 Å². The molecule has 1 heterocycles. The SMILES string of the molecule is C[C@H]1CN([C@@H](C)CO)S(=O)(=O)c2ccc(C#CC(C)(C)O)cc2O[C@@H]1CN(C)Cc1ccc(-c2ccccc2)cc1. The minimum Gasteiger partial charge on any atom is -0.487 e. The van der Waals surface area contributed by atoms with E-state index in [-0.39, 0.29) is 35.8 Å². The van der Waals surface area contributed by atoms with Crippen molar-refractivity contribution in [3.63, 3.8) is 0 Å². The van der Waals surface area contributed by atoms with Crippen LogP contribution in [0.15, 0.2) is 77.7 Å². The third-order valence-corrected chi connectivity index (χ3v) is 9.20. The highest BCUT2D eigenvalue weighted by Crippen LogP contribution is 2.34. The van der Waals surface area contributed by atoms with E-state index in [4.69, 9.17) is 4.74 Å². The van der Waals surface area contributed by atoms with E-state index in [2.05, 4.69) is 53.1 Å². The van der Waals surface area contributed by atoms with E-state index in [0.29, 0.717) is 18.7 Å². The molecule has 0 saturated carbocycles. The summed E-state index contributed by atoms with van der Waals surface area (Å²) in [5.74, 6) is 5.75. The van der Waals surface area contributed by atoms with E-state index < -0.39 is 21.7 Å². The Bertz CT molecular complexity index is 1490. The molecule has 3 atom stereocenters. The maximum absolute atomic E-state index is 13.7. The van der Waals surface area contributed by atoms with Gasteiger partial charge in [-0.15, -0.1) is 0 Å². The molecule has 0 radical (unpaired) electrons. The summed E-state index contributed by atoms with van der Waals surface area (Å²) in [6, 6.07) is 22.9. The molecule has 0 aromatic heterocycles. The zero-order valence-electron chi connectivity index (χ0n) is 24.4. The highest BCUT2D eigenvalue weighted by Gasteiger charge is 2.38. The van der Waals surface area contributed by atoms with E-state index >= 15 is 0 Å². The minimum atomic E-state index is -3.94. The number of hydrogen-bond donors (Lipinski definition) is 2. The number of rotatable bonds is 7. The summed E-state index contributed by atoms with van der Waals surface area (Å²) in [7, 11) is -1.91. The first-order valence-corrected chi connectivity index (χ1v) is 15.3. The zero-order chi connectivity index (χ0) is 29.8. The molecule has 7 nitrogen and oxygen atoms in total. The Morgan fingerprint density at radius 3 is 2.37 bits per heavy atom. The normalized spacial score (nSPS) is 19.7. The fraction of sp³-hybridized carbons (Fsp3) is 0.394. The molecule has 0 spiro atoms. The van der Waals surface area contributed by atoms with Crippen LogP contribution in [0.4, 0.5) is 0 Å². The summed E-state index contributed by atoms with van der Waals surface area (Å²) in [6.45, 7) is 8.03. The monoisotopic (exact) mass is 576 g/mol. The Labute approximate surface area is 244 Å². The summed E-state index contributed by atoms with van der Waals surface area (Å²) in [4.78, 5) is 2.22. The van der Waals surface area contributed by atoms with Gasteiger partial charge in [0.1, 0.15) is 22.4 Å². The fourth-order valence-corrected chi connectivity index (χ4v) is 6.69. The number of aliphatic hydroxyl groups excluding tert-OH is 1. The number of likely N-dealkylation sites (N-methyl/N-ethyl adjacent to an activating group) is 1. The van der Waals surface area contributed by atoms with Crippen molar-refractivity contribution in [2.75, 3.05) is 26.7 Å². The van der Waals surface area contributed by atoms with Crippen molar-refractivity contribution in [1.82, 2.24) is 9.21 Å². The van der Waals surface area contributed by atoms with Gasteiger partial charge in [0, 0.05) is 37.2 Å². The Morgan fingerprint density at radius 2 is 1.73 bits per heavy atom. The van der Waals surface area contributed by atoms with Crippen LogP contribution in [0.3, 0.4) is 0 Å². The first-order chi connectivity index (χ1) is 19.4. The lowest BCUT2D eigenvalue weighted by Gasteiger charge is -2.37. The van der Waals surface area contributed by atoms with E-state index in [9.17, 15) is 18.6 Å². The molecule has 0 aliphatic carbocycles. The standard InChI is InChI=1S/C33H40N2O5S/c1-24-20-35(25(2)23-36)41(38,39)32-16-13-26(17-18-33(3,4)37)19-30(32)40-31(24)22-34(5)21-27-11-14-29(15-12-27)28-9-7-6-8-10-28/h6-16,19,24-25,31,36-37H,20-23H2,1-5H3/t24-,25-,31+/m0/s1. The summed E-state index contributed by atoms with van der Waals surface area (Å²) in [5, 5.41) is 19.9. The molecule has 1 aliphatic heterocycles. The fourth-order valence-electron chi connectivity index (χ4n) is 4.86. The van der Waals surface area contributed by atoms with Gasteiger partial charge in [0.05, 0.1) is 6.61 Å². The lowest BCUT2D eigenvalue weighted by molar-refractivity contribution is 0.0733. The number of aliphatic hydroxyl groups is 2. The van der Waals surface area contributed by atoms with Gasteiger partial charge in [-0.3, -0.25) is 4.90 Å². The third-order valence-electron chi connectivity index (χ3n) is 7.19. The molecule has 0 amide bonds. The number of sulfonamides is 1. The zero-order valence-corrected chi connectivity index (χ0v) is 25.2. The topological polar surface area (TPSA) is 90.3 Å². The Kier molecular flexibility index (Phi) is 9.58. The molecule has 0 fully saturated rings. The highest BCUT2D eigenvalue weighted by molar-refractivity contribution is 7.89. The maximum atomic E-state index is 13.7. The van der Waals surface area contributed by atoms with Gasteiger partial charge < -0.3 is 14.9 Å². The van der Waals surface area contributed by atoms with Crippen LogP contribution < -0.4 is 4.74 Å². The second-order valence-electron chi connectivity index (χ2n) is 11.5. The molecule has 0 unspecified atom stereocenters. The summed E-state index contributed by atoms with van der Waals surface area (Å²) < 4.78 is 35.2. The maximum Gasteiger partial charge on any atom is 0.247 e. The minimum absolute atomic E-state index is 0.0441. The van der Waals surface area contributed by atoms with Gasteiger partial charge >= 0.3 is 0 Å². The lowest BCUT2D eigenvalue weighted by Crippen LogP contribution is -2.49. The molecule has 8 heteroatoms. The van der Waals surface area contributed by atoms with E-state index in [0.717, 1.165) is 11.1 Å². The number of fused-ring (bicyclic) bond motifs is 1. The van der Waals surface area contributed by atoms with E-state index in [1.54, 1.807) is 32.9 Å². The average molecular weight is 577 g/mol. The second kappa shape index (κ2) is 12.8. The number of benzene rings is 3. The van der Waals surface area contributed by atoms with Crippen molar-refractivity contribution in [2.45, 2.75) is 56.9 Å². The van der Waals surface area contributed by atoms with Crippen molar-refractivity contribution < 1.29 is 23.4 Å². The van der Waals surface area contributed by atoms with Crippen LogP contribution in [-0.4, -0.2) is 72.3 Å². The molecule has 218 valence electrons. The molecule has 3 aromatic carbocycles. The van der Waals surface area contributed by atoms with E-state index in [1.165, 1.54) is 15.9 Å². The predicted molar refractivity (Wildman–Crippen MR) is 162 cm³/mol. The molecule has 3 aromatic rings. The Balaban J connectivity index is 1.60. The largest absolute Gasteiger partial charge is 0.487 e. The Morgan fingerprint density at radius 1 is 1.07 bits per heavy atom. The van der Waals surface area contributed by atoms with Crippen LogP contribution in [0.25, 0.3) is 11.1 Å². The van der Waals surface area contributed by atoms with Crippen LogP contribution in [0.2, 0.25) is 0 Å². The molecule has 41 heavy (non-hydrogen) atoms. The van der Waals surface area contributed by atoms with Crippen molar-refractivity contribution in [3.8, 4) is 28.7 Å². The van der Waals surface area contributed by atoms with Gasteiger partial charge in [-0.25, -0.2) is 8.42 Å². The van der Waals surface area contributed by atoms with Gasteiger partial charge in [-0.2, -0.15) is 4.31 Å². The number of nitrogens with zero attached hydrogens (tertiary/aromatic N) is 2. The molecule has 0 bridgehead atoms. The van der Waals surface area contributed by atoms with Gasteiger partial charge in [0.25, 0.3) is 0 Å². The highest BCUT2D eigenvalue weighted by atomic mass is 32.2. The van der Waals surface area contributed by atoms with Crippen LogP contribution in [-0.2, 0) is 16.6 Å². The molecular formula is C33H40N2O5S. The predicted octanol–water partition coefficient (Wildman–Crippen LogP) is 4.38. The Hall–Kier alpha value is -3.19. The van der Waals surface area contributed by atoms with Crippen molar-refractivity contribution in [2.24, 2.45) is 5.92 Å². The molecular weight excluding hydrogens is 536 g/mol. The van der Waals surface area contributed by atoms with E-state index in [1.807, 2.05) is 32.2 Å². The lowest BCUT2D eigenvalue weighted by atomic mass is 10.0. The molecule has 1 aliphatic rings. The summed E-state index contributed by atoms with van der Waals surface area (Å²) >= 11 is 0. The first-order valence-electron chi connectivity index (χ1n) is 13.9. The van der Waals surface area contributed by atoms with Crippen molar-refractivity contribution in [3.05, 3.63) is 83.9 Å². The molecule has 4 rings (SSSR count). The first kappa shape index (κ1) is 30.8. The quantitative estimate of drug-likeness (QED) is 0.406. The van der Waals surface area contributed by atoms with Crippen LogP contribution >= 0.6 is 0 Å². The van der Waals surface area contributed by atoms with Gasteiger partial charge in [0.15, 0.2) is 0 Å². The van der Waals surface area contributed by atoms with Gasteiger partial charge in [-0.1, -0.05) is 73.4 Å².